The summed E-state index contributed by atoms with van der Waals surface area (Å²) in [6.45, 7) is 17.7. The van der Waals surface area contributed by atoms with E-state index in [-0.39, 0.29) is 24.8 Å². The lowest BCUT2D eigenvalue weighted by Crippen LogP contribution is -2.60. The molecule has 0 aromatic heterocycles. The van der Waals surface area contributed by atoms with E-state index in [1.165, 1.54) is 18.1 Å². The van der Waals surface area contributed by atoms with Gasteiger partial charge in [0.15, 0.2) is 0 Å². The topological polar surface area (TPSA) is 143 Å². The third kappa shape index (κ3) is 12.1. The van der Waals surface area contributed by atoms with Gasteiger partial charge in [0.2, 0.25) is 17.7 Å². The molecule has 4 amide bonds. The minimum absolute atomic E-state index is 0.00661. The zero-order valence-electron chi connectivity index (χ0n) is 27.1. The van der Waals surface area contributed by atoms with Crippen molar-refractivity contribution in [2.75, 3.05) is 13.7 Å². The van der Waals surface area contributed by atoms with E-state index in [1.807, 2.05) is 44.2 Å². The molecule has 0 saturated carbocycles. The summed E-state index contributed by atoms with van der Waals surface area (Å²) in [6.07, 6.45) is 1.43. The first kappa shape index (κ1) is 37.1. The molecule has 0 aliphatic carbocycles. The molecule has 1 aromatic carbocycles. The zero-order chi connectivity index (χ0) is 32.9. The van der Waals surface area contributed by atoms with Crippen molar-refractivity contribution in [3.63, 3.8) is 0 Å². The fourth-order valence-electron chi connectivity index (χ4n) is 4.26. The Morgan fingerprint density at radius 2 is 1.51 bits per heavy atom. The predicted molar refractivity (Wildman–Crippen MR) is 165 cm³/mol. The average molecular weight is 603 g/mol. The van der Waals surface area contributed by atoms with E-state index >= 15 is 0 Å². The van der Waals surface area contributed by atoms with E-state index < -0.39 is 59.6 Å². The van der Waals surface area contributed by atoms with Gasteiger partial charge in [-0.25, -0.2) is 9.59 Å². The number of esters is 1. The number of methoxy groups -OCH3 is 1. The van der Waals surface area contributed by atoms with Gasteiger partial charge in [-0.1, -0.05) is 70.5 Å². The molecule has 11 heteroatoms. The van der Waals surface area contributed by atoms with E-state index in [1.54, 1.807) is 41.5 Å². The van der Waals surface area contributed by atoms with Crippen molar-refractivity contribution < 1.29 is 33.4 Å². The van der Waals surface area contributed by atoms with E-state index in [4.69, 9.17) is 9.47 Å². The normalized spacial score (nSPS) is 14.7. The smallest absolute Gasteiger partial charge is 0.408 e. The van der Waals surface area contributed by atoms with Crippen molar-refractivity contribution in [1.82, 2.24) is 20.9 Å². The van der Waals surface area contributed by atoms with Gasteiger partial charge in [-0.05, 0) is 45.1 Å². The summed E-state index contributed by atoms with van der Waals surface area (Å²) in [6, 6.07) is 5.20. The number of hydrogen-bond donors (Lipinski definition) is 3. The third-order valence-corrected chi connectivity index (χ3v) is 6.94. The van der Waals surface area contributed by atoms with Crippen LogP contribution in [0.4, 0.5) is 4.79 Å². The van der Waals surface area contributed by atoms with Crippen LogP contribution >= 0.6 is 0 Å². The number of rotatable bonds is 15. The molecule has 0 unspecified atom stereocenters. The molecule has 1 rings (SSSR count). The molecule has 240 valence electrons. The van der Waals surface area contributed by atoms with Crippen molar-refractivity contribution in [2.24, 2.45) is 11.8 Å². The fourth-order valence-corrected chi connectivity index (χ4v) is 4.26. The van der Waals surface area contributed by atoms with Crippen LogP contribution in [0.2, 0.25) is 0 Å². The van der Waals surface area contributed by atoms with Crippen LogP contribution in [0.3, 0.4) is 0 Å². The van der Waals surface area contributed by atoms with Gasteiger partial charge in [-0.3, -0.25) is 14.4 Å². The molecule has 0 spiro atoms. The number of nitrogens with zero attached hydrogens (tertiary/aromatic N) is 1. The molecule has 0 heterocycles. The molecule has 0 fully saturated rings. The highest BCUT2D eigenvalue weighted by Gasteiger charge is 2.36. The molecule has 0 radical (unpaired) electrons. The Labute approximate surface area is 256 Å². The lowest BCUT2D eigenvalue weighted by Gasteiger charge is -2.33. The Kier molecular flexibility index (Phi) is 14.9. The minimum atomic E-state index is -1.05. The molecule has 0 bridgehead atoms. The second-order valence-electron chi connectivity index (χ2n) is 12.0. The van der Waals surface area contributed by atoms with Gasteiger partial charge in [0, 0.05) is 13.0 Å². The molecule has 1 aromatic rings. The Bertz CT molecular complexity index is 1100. The maximum absolute atomic E-state index is 13.9. The van der Waals surface area contributed by atoms with Gasteiger partial charge in [0.1, 0.15) is 29.8 Å². The lowest BCUT2D eigenvalue weighted by molar-refractivity contribution is -0.147. The second-order valence-corrected chi connectivity index (χ2v) is 12.0. The minimum Gasteiger partial charge on any atom is -0.467 e. The third-order valence-electron chi connectivity index (χ3n) is 6.94. The number of alkyl carbamates (subject to hydrolysis) is 1. The summed E-state index contributed by atoms with van der Waals surface area (Å²) in [5.74, 6) is -2.75. The quantitative estimate of drug-likeness (QED) is 0.206. The van der Waals surface area contributed by atoms with Crippen LogP contribution in [0, 0.1) is 11.8 Å². The fraction of sp³-hybridized carbons (Fsp3) is 0.594. The van der Waals surface area contributed by atoms with Gasteiger partial charge in [0.25, 0.3) is 0 Å². The van der Waals surface area contributed by atoms with Crippen molar-refractivity contribution >= 4 is 29.8 Å². The molecule has 11 nitrogen and oxygen atoms in total. The molecular formula is C32H50N4O7. The highest BCUT2D eigenvalue weighted by atomic mass is 16.6. The number of carbonyl (C=O) groups is 5. The Hall–Kier alpha value is -3.89. The maximum atomic E-state index is 13.9. The van der Waals surface area contributed by atoms with Gasteiger partial charge in [0.05, 0.1) is 7.11 Å². The van der Waals surface area contributed by atoms with E-state index in [9.17, 15) is 24.0 Å². The van der Waals surface area contributed by atoms with Crippen LogP contribution in [0.1, 0.15) is 67.4 Å². The van der Waals surface area contributed by atoms with Crippen molar-refractivity contribution in [3.05, 3.63) is 48.6 Å². The number of ether oxygens (including phenoxy) is 2. The Morgan fingerprint density at radius 3 is 2.00 bits per heavy atom. The van der Waals surface area contributed by atoms with Crippen LogP contribution in [0.25, 0.3) is 0 Å². The maximum Gasteiger partial charge on any atom is 0.408 e. The summed E-state index contributed by atoms with van der Waals surface area (Å²) in [4.78, 5) is 67.1. The average Bonchev–Trinajstić information content (AvgIpc) is 2.94. The first-order valence-corrected chi connectivity index (χ1v) is 14.7. The molecule has 0 aliphatic heterocycles. The van der Waals surface area contributed by atoms with Crippen molar-refractivity contribution in [2.45, 2.75) is 98.0 Å². The lowest BCUT2D eigenvalue weighted by atomic mass is 9.96. The van der Waals surface area contributed by atoms with Gasteiger partial charge in [-0.2, -0.15) is 0 Å². The van der Waals surface area contributed by atoms with E-state index in [0.29, 0.717) is 6.42 Å². The van der Waals surface area contributed by atoms with Crippen LogP contribution < -0.4 is 16.0 Å². The van der Waals surface area contributed by atoms with Crippen LogP contribution in [0.15, 0.2) is 43.0 Å². The van der Waals surface area contributed by atoms with Gasteiger partial charge in [-0.15, -0.1) is 6.58 Å². The number of nitrogens with one attached hydrogen (secondary N) is 3. The summed E-state index contributed by atoms with van der Waals surface area (Å²) in [7, 11) is 1.24. The number of benzene rings is 1. The molecule has 43 heavy (non-hydrogen) atoms. The molecule has 3 N–H and O–H groups in total. The first-order valence-electron chi connectivity index (χ1n) is 14.7. The molecule has 5 atom stereocenters. The van der Waals surface area contributed by atoms with Gasteiger partial charge < -0.3 is 30.3 Å². The standard InChI is InChI=1S/C32H50N4O7/c1-11-18-36(29(39)24(19-23-16-14-13-15-17-23)33-31(41)43-32(7,8)9)22(6)27(37)35-26(21(5)12-2)28(38)34-25(20(3)4)30(40)42-10/h11,13-17,20-22,24-26H,1,12,18-19H2,2-10H3,(H,33,41)(H,34,38)(H,35,37)/t21-,22-,24-,25-,26-/m0/s1. The van der Waals surface area contributed by atoms with Crippen molar-refractivity contribution in [3.8, 4) is 0 Å². The second kappa shape index (κ2) is 17.3. The number of carbonyl (C=O) groups excluding carboxylic acids is 5. The van der Waals surface area contributed by atoms with Crippen LogP contribution in [0.5, 0.6) is 0 Å². The zero-order valence-corrected chi connectivity index (χ0v) is 27.1. The summed E-state index contributed by atoms with van der Waals surface area (Å²) >= 11 is 0. The summed E-state index contributed by atoms with van der Waals surface area (Å²) < 4.78 is 10.2. The van der Waals surface area contributed by atoms with Gasteiger partial charge >= 0.3 is 12.1 Å². The van der Waals surface area contributed by atoms with Crippen LogP contribution in [-0.2, 0) is 35.1 Å². The monoisotopic (exact) mass is 602 g/mol. The first-order chi connectivity index (χ1) is 20.1. The SMILES string of the molecule is C=CCN(C(=O)[C@H](Cc1ccccc1)NC(=O)OC(C)(C)C)[C@@H](C)C(=O)N[C@H](C(=O)N[C@H](C(=O)OC)C(C)C)[C@@H](C)CC. The van der Waals surface area contributed by atoms with Crippen molar-refractivity contribution in [1.29, 1.82) is 0 Å². The highest BCUT2D eigenvalue weighted by Crippen LogP contribution is 2.15. The predicted octanol–water partition coefficient (Wildman–Crippen LogP) is 3.37. The molecule has 0 saturated heterocycles. The van der Waals surface area contributed by atoms with E-state index in [2.05, 4.69) is 22.5 Å². The Morgan fingerprint density at radius 1 is 0.930 bits per heavy atom. The Balaban J connectivity index is 3.28. The summed E-state index contributed by atoms with van der Waals surface area (Å²) in [5.41, 5.74) is 0.0123. The highest BCUT2D eigenvalue weighted by molar-refractivity contribution is 5.95. The summed E-state index contributed by atoms with van der Waals surface area (Å²) in [5, 5.41) is 8.15. The van der Waals surface area contributed by atoms with Crippen LogP contribution in [-0.4, -0.2) is 78.1 Å². The molecule has 0 aliphatic rings. The molecular weight excluding hydrogens is 552 g/mol. The largest absolute Gasteiger partial charge is 0.467 e. The van der Waals surface area contributed by atoms with E-state index in [0.717, 1.165) is 5.56 Å². The number of amides is 4. The number of hydrogen-bond acceptors (Lipinski definition) is 7.